The second-order valence-corrected chi connectivity index (χ2v) is 6.88. The highest BCUT2D eigenvalue weighted by molar-refractivity contribution is 5.89. The summed E-state index contributed by atoms with van der Waals surface area (Å²) in [4.78, 5) is 18.2. The summed E-state index contributed by atoms with van der Waals surface area (Å²) in [5.74, 6) is -0.665. The molecule has 11 heteroatoms. The molecular weight excluding hydrogens is 404 g/mol. The van der Waals surface area contributed by atoms with E-state index in [9.17, 15) is 4.79 Å². The second-order valence-electron chi connectivity index (χ2n) is 6.88. The number of fused-ring (bicyclic) bond motifs is 1. The number of hydrogen-bond acceptors (Lipinski definition) is 7. The summed E-state index contributed by atoms with van der Waals surface area (Å²) in [5.41, 5.74) is 19.2. The Morgan fingerprint density at radius 3 is 2.26 bits per heavy atom. The predicted octanol–water partition coefficient (Wildman–Crippen LogP) is 4.04. The molecule has 2 aliphatic rings. The van der Waals surface area contributed by atoms with E-state index in [4.69, 9.17) is 30.0 Å². The van der Waals surface area contributed by atoms with Crippen molar-refractivity contribution in [1.82, 2.24) is 0 Å². The monoisotopic (exact) mass is 422 g/mol. The molecule has 0 aliphatic carbocycles. The number of nitrogens with zero attached hydrogens (tertiary/aromatic N) is 6. The normalized spacial score (nSPS) is 29.5. The Bertz CT molecular complexity index is 1010. The minimum atomic E-state index is -1.28. The first-order chi connectivity index (χ1) is 15.2. The molecule has 4 rings (SSSR count). The molecule has 2 heterocycles. The van der Waals surface area contributed by atoms with Gasteiger partial charge in [-0.2, -0.15) is 0 Å². The Labute approximate surface area is 176 Å². The maximum absolute atomic E-state index is 12.5. The standard InChI is InChI=1S/C20H18N6O5/c21-25-23-15-16(24-26-22)20(31-18(27)12-7-3-1-4-8-12)29-14-11-28-19(30-17(14)15)13-9-5-2-6-10-13/h1-10,14-17,19-20H,11H2/t14-,15-,16+,17-,19+,20-/m1/s1. The van der Waals surface area contributed by atoms with Crippen LogP contribution in [0.4, 0.5) is 0 Å². The minimum Gasteiger partial charge on any atom is -0.432 e. The van der Waals surface area contributed by atoms with E-state index in [0.717, 1.165) is 5.56 Å². The Kier molecular flexibility index (Phi) is 6.32. The lowest BCUT2D eigenvalue weighted by molar-refractivity contribution is -0.316. The zero-order valence-electron chi connectivity index (χ0n) is 16.2. The van der Waals surface area contributed by atoms with Gasteiger partial charge in [0.25, 0.3) is 0 Å². The van der Waals surface area contributed by atoms with Crippen LogP contribution in [0.1, 0.15) is 22.2 Å². The van der Waals surface area contributed by atoms with E-state index >= 15 is 0 Å². The molecule has 158 valence electrons. The molecule has 0 saturated carbocycles. The maximum Gasteiger partial charge on any atom is 0.340 e. The first kappa shape index (κ1) is 20.7. The number of benzene rings is 2. The summed E-state index contributed by atoms with van der Waals surface area (Å²) in [5, 5.41) is 7.48. The van der Waals surface area contributed by atoms with Crippen molar-refractivity contribution in [2.24, 2.45) is 10.2 Å². The molecule has 2 fully saturated rings. The molecule has 0 amide bonds. The molecule has 0 bridgehead atoms. The van der Waals surface area contributed by atoms with Gasteiger partial charge >= 0.3 is 5.97 Å². The molecule has 11 nitrogen and oxygen atoms in total. The van der Waals surface area contributed by atoms with Gasteiger partial charge in [0.15, 0.2) is 6.29 Å². The molecule has 0 radical (unpaired) electrons. The molecule has 2 saturated heterocycles. The summed E-state index contributed by atoms with van der Waals surface area (Å²) in [6, 6.07) is 15.5. The Morgan fingerprint density at radius 1 is 0.935 bits per heavy atom. The van der Waals surface area contributed by atoms with Crippen molar-refractivity contribution in [2.45, 2.75) is 36.9 Å². The first-order valence-electron chi connectivity index (χ1n) is 9.53. The molecule has 0 unspecified atom stereocenters. The summed E-state index contributed by atoms with van der Waals surface area (Å²) in [6.45, 7) is 0.101. The third-order valence-electron chi connectivity index (χ3n) is 5.01. The van der Waals surface area contributed by atoms with Crippen LogP contribution in [-0.2, 0) is 18.9 Å². The number of rotatable bonds is 5. The van der Waals surface area contributed by atoms with Crippen LogP contribution < -0.4 is 0 Å². The van der Waals surface area contributed by atoms with Gasteiger partial charge in [0.2, 0.25) is 6.29 Å². The maximum atomic E-state index is 12.5. The molecule has 0 N–H and O–H groups in total. The predicted molar refractivity (Wildman–Crippen MR) is 106 cm³/mol. The van der Waals surface area contributed by atoms with E-state index in [-0.39, 0.29) is 6.61 Å². The van der Waals surface area contributed by atoms with Crippen molar-refractivity contribution < 1.29 is 23.7 Å². The zero-order valence-corrected chi connectivity index (χ0v) is 16.2. The van der Waals surface area contributed by atoms with Gasteiger partial charge in [0.1, 0.15) is 12.1 Å². The molecule has 0 aromatic heterocycles. The van der Waals surface area contributed by atoms with Crippen molar-refractivity contribution in [3.8, 4) is 0 Å². The average Bonchev–Trinajstić information content (AvgIpc) is 2.82. The largest absolute Gasteiger partial charge is 0.432 e. The number of esters is 1. The van der Waals surface area contributed by atoms with Crippen molar-refractivity contribution >= 4 is 5.97 Å². The Hall–Kier alpha value is -3.59. The van der Waals surface area contributed by atoms with Crippen LogP contribution in [0, 0.1) is 0 Å². The lowest BCUT2D eigenvalue weighted by atomic mass is 9.94. The number of carbonyl (C=O) groups is 1. The molecule has 0 spiro atoms. The SMILES string of the molecule is [N-]=[N+]=N[C@@H]1[C@@H](OC(=O)c2ccccc2)O[C@@H]2CO[C@H](c3ccccc3)O[C@H]2[C@@H]1N=[N+]=[N-]. The molecular formula is C20H18N6O5. The van der Waals surface area contributed by atoms with Gasteiger partial charge in [-0.25, -0.2) is 4.79 Å². The van der Waals surface area contributed by atoms with Crippen LogP contribution in [0.5, 0.6) is 0 Å². The van der Waals surface area contributed by atoms with Crippen molar-refractivity contribution in [3.05, 3.63) is 92.7 Å². The summed E-state index contributed by atoms with van der Waals surface area (Å²) in [7, 11) is 0. The topological polar surface area (TPSA) is 152 Å². The van der Waals surface area contributed by atoms with Crippen molar-refractivity contribution in [1.29, 1.82) is 0 Å². The van der Waals surface area contributed by atoms with Crippen molar-refractivity contribution in [3.63, 3.8) is 0 Å². The molecule has 31 heavy (non-hydrogen) atoms. The molecule has 6 atom stereocenters. The molecule has 2 aliphatic heterocycles. The van der Waals surface area contributed by atoms with E-state index in [2.05, 4.69) is 20.1 Å². The average molecular weight is 422 g/mol. The van der Waals surface area contributed by atoms with Gasteiger partial charge in [-0.3, -0.25) is 0 Å². The van der Waals surface area contributed by atoms with Crippen LogP contribution in [0.15, 0.2) is 70.9 Å². The van der Waals surface area contributed by atoms with Gasteiger partial charge in [-0.05, 0) is 23.2 Å². The second kappa shape index (κ2) is 9.48. The minimum absolute atomic E-state index is 0.101. The lowest BCUT2D eigenvalue weighted by Gasteiger charge is -2.46. The highest BCUT2D eigenvalue weighted by atomic mass is 16.7. The first-order valence-corrected chi connectivity index (χ1v) is 9.53. The fraction of sp³-hybridized carbons (Fsp3) is 0.350. The van der Waals surface area contributed by atoms with Gasteiger partial charge < -0.3 is 18.9 Å². The van der Waals surface area contributed by atoms with Crippen LogP contribution >= 0.6 is 0 Å². The van der Waals surface area contributed by atoms with Gasteiger partial charge in [-0.1, -0.05) is 58.8 Å². The fourth-order valence-electron chi connectivity index (χ4n) is 3.58. The lowest BCUT2D eigenvalue weighted by Crippen LogP contribution is -2.61. The number of hydrogen-bond donors (Lipinski definition) is 0. The third-order valence-corrected chi connectivity index (χ3v) is 5.01. The van der Waals surface area contributed by atoms with E-state index in [1.54, 1.807) is 30.3 Å². The number of ether oxygens (including phenoxy) is 4. The third kappa shape index (κ3) is 4.46. The van der Waals surface area contributed by atoms with Crippen molar-refractivity contribution in [2.75, 3.05) is 6.61 Å². The van der Waals surface area contributed by atoms with Crippen LogP contribution in [0.3, 0.4) is 0 Å². The Balaban J connectivity index is 1.59. The summed E-state index contributed by atoms with van der Waals surface area (Å²) < 4.78 is 23.1. The zero-order chi connectivity index (χ0) is 21.6. The summed E-state index contributed by atoms with van der Waals surface area (Å²) >= 11 is 0. The quantitative estimate of drug-likeness (QED) is 0.308. The molecule has 2 aromatic carbocycles. The van der Waals surface area contributed by atoms with Gasteiger partial charge in [-0.15, -0.1) is 0 Å². The van der Waals surface area contributed by atoms with Crippen LogP contribution in [0.25, 0.3) is 20.9 Å². The summed E-state index contributed by atoms with van der Waals surface area (Å²) in [6.07, 6.45) is -3.45. The highest BCUT2D eigenvalue weighted by Gasteiger charge is 2.50. The van der Waals surface area contributed by atoms with Gasteiger partial charge in [0, 0.05) is 15.4 Å². The van der Waals surface area contributed by atoms with E-state index in [0.29, 0.717) is 5.56 Å². The smallest absolute Gasteiger partial charge is 0.340 e. The van der Waals surface area contributed by atoms with Crippen LogP contribution in [-0.4, -0.2) is 43.2 Å². The number of azide groups is 2. The van der Waals surface area contributed by atoms with Gasteiger partial charge in [0.05, 0.1) is 24.3 Å². The highest BCUT2D eigenvalue weighted by Crippen LogP contribution is 2.37. The van der Waals surface area contributed by atoms with Crippen LogP contribution in [0.2, 0.25) is 0 Å². The van der Waals surface area contributed by atoms with E-state index < -0.39 is 42.8 Å². The fourth-order valence-corrected chi connectivity index (χ4v) is 3.58. The number of carbonyl (C=O) groups excluding carboxylic acids is 1. The van der Waals surface area contributed by atoms with E-state index in [1.165, 1.54) is 0 Å². The Morgan fingerprint density at radius 2 is 1.58 bits per heavy atom. The van der Waals surface area contributed by atoms with E-state index in [1.807, 2.05) is 30.3 Å². The molecule has 2 aromatic rings.